The Labute approximate surface area is 101 Å². The number of fused-ring (bicyclic) bond motifs is 1. The molecule has 4 heteroatoms. The number of nitrogens with two attached hydrogens (primary N) is 1. The number of benzene rings is 1. The molecule has 1 aromatic carbocycles. The van der Waals surface area contributed by atoms with Gasteiger partial charge in [0.2, 0.25) is 0 Å². The fraction of sp³-hybridized carbons (Fsp3) is 0.0833. The van der Waals surface area contributed by atoms with E-state index in [1.807, 2.05) is 11.4 Å². The monoisotopic (exact) mass is 246 g/mol. The van der Waals surface area contributed by atoms with Gasteiger partial charge >= 0.3 is 0 Å². The molecule has 0 aliphatic heterocycles. The van der Waals surface area contributed by atoms with Crippen LogP contribution in [0.3, 0.4) is 0 Å². The molecule has 3 aromatic rings. The van der Waals surface area contributed by atoms with Crippen molar-refractivity contribution < 1.29 is 0 Å². The standard InChI is InChI=1S/C12H10N2S2/c1-7-2-3-10-9(6-7)14-12(16-10)8-4-5-15-11(8)13/h2-6H,13H2,1H3. The molecule has 0 atom stereocenters. The Morgan fingerprint density at radius 3 is 2.88 bits per heavy atom. The van der Waals surface area contributed by atoms with E-state index in [0.29, 0.717) is 0 Å². The second-order valence-corrected chi connectivity index (χ2v) is 5.67. The molecule has 0 saturated heterocycles. The summed E-state index contributed by atoms with van der Waals surface area (Å²) in [5, 5.41) is 3.86. The zero-order chi connectivity index (χ0) is 11.1. The van der Waals surface area contributed by atoms with Gasteiger partial charge in [0, 0.05) is 5.56 Å². The first-order valence-corrected chi connectivity index (χ1v) is 6.64. The van der Waals surface area contributed by atoms with E-state index in [9.17, 15) is 0 Å². The summed E-state index contributed by atoms with van der Waals surface area (Å²) in [6.45, 7) is 2.08. The minimum absolute atomic E-state index is 0.843. The van der Waals surface area contributed by atoms with E-state index in [1.165, 1.54) is 10.3 Å². The molecule has 16 heavy (non-hydrogen) atoms. The number of aromatic nitrogens is 1. The second-order valence-electron chi connectivity index (χ2n) is 3.69. The lowest BCUT2D eigenvalue weighted by molar-refractivity contribution is 1.45. The zero-order valence-corrected chi connectivity index (χ0v) is 10.4. The molecular formula is C12H10N2S2. The van der Waals surface area contributed by atoms with Gasteiger partial charge < -0.3 is 5.73 Å². The normalized spacial score (nSPS) is 11.1. The fourth-order valence-electron chi connectivity index (χ4n) is 1.65. The van der Waals surface area contributed by atoms with Crippen molar-refractivity contribution >= 4 is 37.9 Å². The van der Waals surface area contributed by atoms with Crippen molar-refractivity contribution in [3.05, 3.63) is 35.2 Å². The summed E-state index contributed by atoms with van der Waals surface area (Å²) < 4.78 is 1.21. The van der Waals surface area contributed by atoms with Crippen molar-refractivity contribution in [3.63, 3.8) is 0 Å². The van der Waals surface area contributed by atoms with Gasteiger partial charge in [0.1, 0.15) is 5.01 Å². The predicted octanol–water partition coefficient (Wildman–Crippen LogP) is 3.92. The number of aryl methyl sites for hydroxylation is 1. The Morgan fingerprint density at radius 2 is 2.12 bits per heavy atom. The van der Waals surface area contributed by atoms with Crippen molar-refractivity contribution in [2.45, 2.75) is 6.92 Å². The van der Waals surface area contributed by atoms with Crippen molar-refractivity contribution in [1.29, 1.82) is 0 Å². The van der Waals surface area contributed by atoms with E-state index in [0.717, 1.165) is 21.1 Å². The number of thiazole rings is 1. The number of anilines is 1. The van der Waals surface area contributed by atoms with E-state index >= 15 is 0 Å². The summed E-state index contributed by atoms with van der Waals surface area (Å²) in [6.07, 6.45) is 0. The summed E-state index contributed by atoms with van der Waals surface area (Å²) in [7, 11) is 0. The summed E-state index contributed by atoms with van der Waals surface area (Å²) in [4.78, 5) is 4.62. The van der Waals surface area contributed by atoms with Gasteiger partial charge in [-0.1, -0.05) is 6.07 Å². The van der Waals surface area contributed by atoms with Crippen LogP contribution < -0.4 is 5.73 Å². The average Bonchev–Trinajstić information content (AvgIpc) is 2.82. The van der Waals surface area contributed by atoms with Crippen LogP contribution in [-0.2, 0) is 0 Å². The quantitative estimate of drug-likeness (QED) is 0.707. The molecule has 0 unspecified atom stereocenters. The van der Waals surface area contributed by atoms with E-state index < -0.39 is 0 Å². The van der Waals surface area contributed by atoms with Crippen LogP contribution in [-0.4, -0.2) is 4.98 Å². The third-order valence-electron chi connectivity index (χ3n) is 2.47. The first-order chi connectivity index (χ1) is 7.74. The van der Waals surface area contributed by atoms with Gasteiger partial charge in [0.25, 0.3) is 0 Å². The predicted molar refractivity (Wildman–Crippen MR) is 72.1 cm³/mol. The molecule has 0 aliphatic rings. The first-order valence-electron chi connectivity index (χ1n) is 4.94. The number of thiophene rings is 1. The van der Waals surface area contributed by atoms with Crippen LogP contribution in [0, 0.1) is 6.92 Å². The Morgan fingerprint density at radius 1 is 1.25 bits per heavy atom. The third-order valence-corrected chi connectivity index (χ3v) is 4.28. The van der Waals surface area contributed by atoms with Crippen molar-refractivity contribution in [1.82, 2.24) is 4.98 Å². The number of hydrogen-bond donors (Lipinski definition) is 1. The molecule has 2 nitrogen and oxygen atoms in total. The van der Waals surface area contributed by atoms with Crippen LogP contribution in [0.2, 0.25) is 0 Å². The first kappa shape index (κ1) is 9.81. The number of nitrogens with zero attached hydrogens (tertiary/aromatic N) is 1. The molecule has 3 rings (SSSR count). The molecule has 80 valence electrons. The average molecular weight is 246 g/mol. The lowest BCUT2D eigenvalue weighted by Gasteiger charge is -1.91. The maximum Gasteiger partial charge on any atom is 0.127 e. The SMILES string of the molecule is Cc1ccc2sc(-c3ccsc3N)nc2c1. The summed E-state index contributed by atoms with van der Waals surface area (Å²) in [5.74, 6) is 0. The van der Waals surface area contributed by atoms with E-state index in [-0.39, 0.29) is 0 Å². The molecule has 0 spiro atoms. The Balaban J connectivity index is 2.23. The second kappa shape index (κ2) is 3.57. The van der Waals surface area contributed by atoms with Crippen LogP contribution in [0.25, 0.3) is 20.8 Å². The molecular weight excluding hydrogens is 236 g/mol. The van der Waals surface area contributed by atoms with E-state index in [2.05, 4.69) is 30.1 Å². The molecule has 0 aliphatic carbocycles. The number of rotatable bonds is 1. The maximum atomic E-state index is 5.91. The number of hydrogen-bond acceptors (Lipinski definition) is 4. The third kappa shape index (κ3) is 1.50. The van der Waals surface area contributed by atoms with Gasteiger partial charge in [-0.3, -0.25) is 0 Å². The zero-order valence-electron chi connectivity index (χ0n) is 8.73. The van der Waals surface area contributed by atoms with E-state index in [1.54, 1.807) is 22.7 Å². The van der Waals surface area contributed by atoms with Gasteiger partial charge in [-0.25, -0.2) is 4.98 Å². The van der Waals surface area contributed by atoms with Crippen LogP contribution in [0.15, 0.2) is 29.6 Å². The van der Waals surface area contributed by atoms with Crippen molar-refractivity contribution in [2.75, 3.05) is 5.73 Å². The Kier molecular flexibility index (Phi) is 2.19. The molecule has 0 saturated carbocycles. The van der Waals surface area contributed by atoms with Crippen molar-refractivity contribution in [2.24, 2.45) is 0 Å². The smallest absolute Gasteiger partial charge is 0.127 e. The van der Waals surface area contributed by atoms with Gasteiger partial charge in [0.15, 0.2) is 0 Å². The molecule has 0 radical (unpaired) electrons. The number of nitrogen functional groups attached to an aromatic ring is 1. The molecule has 2 N–H and O–H groups in total. The highest BCUT2D eigenvalue weighted by Gasteiger charge is 2.09. The van der Waals surface area contributed by atoms with Gasteiger partial charge in [-0.15, -0.1) is 22.7 Å². The molecule has 2 heterocycles. The lowest BCUT2D eigenvalue weighted by Crippen LogP contribution is -1.81. The summed E-state index contributed by atoms with van der Waals surface area (Å²) >= 11 is 3.25. The van der Waals surface area contributed by atoms with Gasteiger partial charge in [0.05, 0.1) is 15.2 Å². The highest BCUT2D eigenvalue weighted by atomic mass is 32.1. The summed E-state index contributed by atoms with van der Waals surface area (Å²) in [5.41, 5.74) is 9.27. The molecule has 0 bridgehead atoms. The topological polar surface area (TPSA) is 38.9 Å². The van der Waals surface area contributed by atoms with E-state index in [4.69, 9.17) is 5.73 Å². The van der Waals surface area contributed by atoms with Crippen LogP contribution in [0.5, 0.6) is 0 Å². The van der Waals surface area contributed by atoms with Gasteiger partial charge in [-0.2, -0.15) is 0 Å². The highest BCUT2D eigenvalue weighted by Crippen LogP contribution is 2.36. The minimum atomic E-state index is 0.843. The summed E-state index contributed by atoms with van der Waals surface area (Å²) in [6, 6.07) is 8.37. The Bertz CT molecular complexity index is 652. The van der Waals surface area contributed by atoms with Crippen molar-refractivity contribution in [3.8, 4) is 10.6 Å². The molecule has 0 amide bonds. The van der Waals surface area contributed by atoms with Crippen LogP contribution in [0.4, 0.5) is 5.00 Å². The van der Waals surface area contributed by atoms with Crippen LogP contribution >= 0.6 is 22.7 Å². The van der Waals surface area contributed by atoms with Gasteiger partial charge in [-0.05, 0) is 36.1 Å². The largest absolute Gasteiger partial charge is 0.390 e. The fourth-order valence-corrected chi connectivity index (χ4v) is 3.34. The lowest BCUT2D eigenvalue weighted by atomic mass is 10.2. The maximum absolute atomic E-state index is 5.91. The Hall–Kier alpha value is -1.39. The van der Waals surface area contributed by atoms with Crippen LogP contribution in [0.1, 0.15) is 5.56 Å². The molecule has 2 aromatic heterocycles. The minimum Gasteiger partial charge on any atom is -0.390 e. The molecule has 0 fully saturated rings. The highest BCUT2D eigenvalue weighted by molar-refractivity contribution is 7.22.